The van der Waals surface area contributed by atoms with Crippen molar-refractivity contribution in [1.82, 2.24) is 15.6 Å². The lowest BCUT2D eigenvalue weighted by atomic mass is 9.91. The Labute approximate surface area is 180 Å². The molecule has 4 N–H and O–H groups in total. The van der Waals surface area contributed by atoms with Crippen LogP contribution in [-0.2, 0) is 6.54 Å². The summed E-state index contributed by atoms with van der Waals surface area (Å²) < 4.78 is 5.57. The Bertz CT molecular complexity index is 749. The molecule has 0 radical (unpaired) electrons. The van der Waals surface area contributed by atoms with Crippen LogP contribution in [0.4, 0.5) is 5.82 Å². The van der Waals surface area contributed by atoms with Crippen molar-refractivity contribution in [3.8, 4) is 16.9 Å². The van der Waals surface area contributed by atoms with Crippen LogP contribution in [0, 0.1) is 6.92 Å². The summed E-state index contributed by atoms with van der Waals surface area (Å²) in [6.45, 7) is 2.81. The lowest BCUT2D eigenvalue weighted by molar-refractivity contribution is 0.315. The van der Waals surface area contributed by atoms with E-state index in [4.69, 9.17) is 10.5 Å². The van der Waals surface area contributed by atoms with E-state index in [1.165, 1.54) is 31.2 Å². The molecule has 0 spiro atoms. The van der Waals surface area contributed by atoms with Gasteiger partial charge < -0.3 is 21.1 Å². The number of hydrogen-bond donors (Lipinski definition) is 3. The summed E-state index contributed by atoms with van der Waals surface area (Å²) >= 11 is 0. The first kappa shape index (κ1) is 24.5. The second kappa shape index (κ2) is 11.5. The highest BCUT2D eigenvalue weighted by atomic mass is 35.5. The van der Waals surface area contributed by atoms with E-state index in [9.17, 15) is 0 Å². The predicted octanol–water partition coefficient (Wildman–Crippen LogP) is 4.11. The number of nitrogen functional groups attached to an aromatic ring is 1. The molecule has 156 valence electrons. The van der Waals surface area contributed by atoms with E-state index in [1.54, 1.807) is 7.11 Å². The zero-order valence-corrected chi connectivity index (χ0v) is 18.5. The molecule has 0 unspecified atom stereocenters. The van der Waals surface area contributed by atoms with Gasteiger partial charge in [-0.25, -0.2) is 4.98 Å². The Morgan fingerprint density at radius 1 is 1.07 bits per heavy atom. The van der Waals surface area contributed by atoms with Crippen molar-refractivity contribution >= 4 is 30.6 Å². The number of nitrogens with one attached hydrogen (secondary N) is 2. The molecule has 1 heterocycles. The molecule has 0 saturated heterocycles. The number of methoxy groups -OCH3 is 1. The standard InChI is InChI=1S/C21H30N4O.2ClH/c1-14-19(9-11-21(22)25-14)15-4-10-20(26-3)16(12-15)13-24-18-7-5-17(23-2)6-8-18;;/h4,9-12,17-18,23-24H,5-8,13H2,1-3H3,(H2,22,25);2*1H. The number of anilines is 1. The van der Waals surface area contributed by atoms with E-state index in [2.05, 4.69) is 34.8 Å². The van der Waals surface area contributed by atoms with Gasteiger partial charge in [0, 0.05) is 35.4 Å². The van der Waals surface area contributed by atoms with Crippen molar-refractivity contribution in [2.24, 2.45) is 0 Å². The number of nitrogens with zero attached hydrogens (tertiary/aromatic N) is 1. The zero-order valence-electron chi connectivity index (χ0n) is 16.8. The summed E-state index contributed by atoms with van der Waals surface area (Å²) in [5.41, 5.74) is 10.2. The third-order valence-corrected chi connectivity index (χ3v) is 5.42. The van der Waals surface area contributed by atoms with Gasteiger partial charge in [0.1, 0.15) is 11.6 Å². The molecule has 1 fully saturated rings. The van der Waals surface area contributed by atoms with E-state index < -0.39 is 0 Å². The zero-order chi connectivity index (χ0) is 18.5. The fourth-order valence-electron chi connectivity index (χ4n) is 3.81. The number of nitrogens with two attached hydrogens (primary N) is 1. The van der Waals surface area contributed by atoms with Gasteiger partial charge in [-0.2, -0.15) is 0 Å². The molecule has 1 saturated carbocycles. The van der Waals surface area contributed by atoms with E-state index in [-0.39, 0.29) is 24.8 Å². The molecule has 0 aliphatic heterocycles. The quantitative estimate of drug-likeness (QED) is 0.647. The van der Waals surface area contributed by atoms with Crippen molar-refractivity contribution in [2.75, 3.05) is 19.9 Å². The first-order valence-electron chi connectivity index (χ1n) is 9.41. The maximum atomic E-state index is 5.79. The van der Waals surface area contributed by atoms with Gasteiger partial charge in [0.25, 0.3) is 0 Å². The van der Waals surface area contributed by atoms with Crippen LogP contribution in [0.5, 0.6) is 5.75 Å². The molecule has 0 atom stereocenters. The van der Waals surface area contributed by atoms with Gasteiger partial charge in [-0.05, 0) is 69.5 Å². The fraction of sp³-hybridized carbons (Fsp3) is 0.476. The topological polar surface area (TPSA) is 72.2 Å². The SMILES string of the molecule is CNC1CCC(NCc2cc(-c3ccc(N)nc3C)ccc2OC)CC1.Cl.Cl. The van der Waals surface area contributed by atoms with Crippen molar-refractivity contribution in [2.45, 2.75) is 51.2 Å². The van der Waals surface area contributed by atoms with Crippen molar-refractivity contribution in [3.05, 3.63) is 41.6 Å². The third-order valence-electron chi connectivity index (χ3n) is 5.42. The summed E-state index contributed by atoms with van der Waals surface area (Å²) in [5, 5.41) is 7.10. The highest BCUT2D eigenvalue weighted by Crippen LogP contribution is 2.29. The van der Waals surface area contributed by atoms with Gasteiger partial charge in [-0.3, -0.25) is 0 Å². The number of benzene rings is 1. The molecule has 7 heteroatoms. The molecule has 3 rings (SSSR count). The number of pyridine rings is 1. The number of ether oxygens (including phenoxy) is 1. The lowest BCUT2D eigenvalue weighted by Crippen LogP contribution is -2.38. The van der Waals surface area contributed by atoms with E-state index in [0.29, 0.717) is 17.9 Å². The molecule has 2 aromatic rings. The van der Waals surface area contributed by atoms with Gasteiger partial charge in [0.15, 0.2) is 0 Å². The molecule has 5 nitrogen and oxygen atoms in total. The molecule has 1 aromatic heterocycles. The minimum atomic E-state index is 0. The maximum absolute atomic E-state index is 5.79. The molecule has 1 aliphatic rings. The Morgan fingerprint density at radius 3 is 2.36 bits per heavy atom. The highest BCUT2D eigenvalue weighted by Gasteiger charge is 2.20. The Morgan fingerprint density at radius 2 is 1.75 bits per heavy atom. The molecule has 28 heavy (non-hydrogen) atoms. The molecule has 0 amide bonds. The van der Waals surface area contributed by atoms with Crippen LogP contribution in [-0.4, -0.2) is 31.2 Å². The van der Waals surface area contributed by atoms with Gasteiger partial charge in [-0.1, -0.05) is 6.07 Å². The number of aromatic nitrogens is 1. The Balaban J connectivity index is 0.00000196. The van der Waals surface area contributed by atoms with Gasteiger partial charge >= 0.3 is 0 Å². The molecule has 0 bridgehead atoms. The summed E-state index contributed by atoms with van der Waals surface area (Å²) in [6.07, 6.45) is 4.91. The normalized spacial score (nSPS) is 18.7. The van der Waals surface area contributed by atoms with Crippen LogP contribution in [0.3, 0.4) is 0 Å². The second-order valence-corrected chi connectivity index (χ2v) is 7.11. The minimum absolute atomic E-state index is 0. The number of rotatable bonds is 6. The monoisotopic (exact) mass is 426 g/mol. The molecule has 1 aromatic carbocycles. The van der Waals surface area contributed by atoms with Gasteiger partial charge in [-0.15, -0.1) is 24.8 Å². The average Bonchev–Trinajstić information content (AvgIpc) is 2.66. The van der Waals surface area contributed by atoms with Crippen molar-refractivity contribution in [3.63, 3.8) is 0 Å². The first-order valence-corrected chi connectivity index (χ1v) is 9.41. The van der Waals surface area contributed by atoms with Gasteiger partial charge in [0.2, 0.25) is 0 Å². The average molecular weight is 427 g/mol. The van der Waals surface area contributed by atoms with Crippen LogP contribution in [0.1, 0.15) is 36.9 Å². The maximum Gasteiger partial charge on any atom is 0.123 e. The number of aryl methyl sites for hydroxylation is 1. The molecular formula is C21H32Cl2N4O. The highest BCUT2D eigenvalue weighted by molar-refractivity contribution is 5.85. The van der Waals surface area contributed by atoms with Crippen molar-refractivity contribution < 1.29 is 4.74 Å². The van der Waals surface area contributed by atoms with E-state index in [0.717, 1.165) is 29.1 Å². The second-order valence-electron chi connectivity index (χ2n) is 7.11. The number of halogens is 2. The molecule has 1 aliphatic carbocycles. The van der Waals surface area contributed by atoms with Crippen LogP contribution >= 0.6 is 24.8 Å². The van der Waals surface area contributed by atoms with E-state index >= 15 is 0 Å². The smallest absolute Gasteiger partial charge is 0.123 e. The summed E-state index contributed by atoms with van der Waals surface area (Å²) in [6, 6.07) is 11.5. The summed E-state index contributed by atoms with van der Waals surface area (Å²) in [5.74, 6) is 1.48. The van der Waals surface area contributed by atoms with Gasteiger partial charge in [0.05, 0.1) is 7.11 Å². The van der Waals surface area contributed by atoms with Crippen LogP contribution in [0.15, 0.2) is 30.3 Å². The Kier molecular flexibility index (Phi) is 10.0. The first-order chi connectivity index (χ1) is 12.6. The minimum Gasteiger partial charge on any atom is -0.496 e. The van der Waals surface area contributed by atoms with Crippen LogP contribution < -0.4 is 21.1 Å². The van der Waals surface area contributed by atoms with E-state index in [1.807, 2.05) is 25.1 Å². The summed E-state index contributed by atoms with van der Waals surface area (Å²) in [7, 11) is 3.79. The van der Waals surface area contributed by atoms with Crippen molar-refractivity contribution in [1.29, 1.82) is 0 Å². The van der Waals surface area contributed by atoms with Crippen LogP contribution in [0.2, 0.25) is 0 Å². The van der Waals surface area contributed by atoms with Crippen LogP contribution in [0.25, 0.3) is 11.1 Å². The predicted molar refractivity (Wildman–Crippen MR) is 122 cm³/mol. The summed E-state index contributed by atoms with van der Waals surface area (Å²) in [4.78, 5) is 4.38. The third kappa shape index (κ3) is 5.98. The number of hydrogen-bond acceptors (Lipinski definition) is 5. The largest absolute Gasteiger partial charge is 0.496 e. The Hall–Kier alpha value is -1.53. The lowest BCUT2D eigenvalue weighted by Gasteiger charge is -2.29. The molecular weight excluding hydrogens is 395 g/mol. The fourth-order valence-corrected chi connectivity index (χ4v) is 3.81.